The monoisotopic (exact) mass is 348 g/mol. The third-order valence-corrected chi connectivity index (χ3v) is 5.16. The average molecular weight is 348 g/mol. The Hall–Kier alpha value is -2.64. The van der Waals surface area contributed by atoms with Gasteiger partial charge < -0.3 is 29.9 Å². The third-order valence-electron chi connectivity index (χ3n) is 5.16. The number of urea groups is 2. The molecule has 1 aromatic carbocycles. The Morgan fingerprint density at radius 1 is 1.00 bits per heavy atom. The molecular formula is C17H24N4O4. The Balaban J connectivity index is 2.09. The first kappa shape index (κ1) is 17.2. The Kier molecular flexibility index (Phi) is 4.36. The van der Waals surface area contributed by atoms with Crippen LogP contribution in [0.5, 0.6) is 11.5 Å². The number of amides is 4. The summed E-state index contributed by atoms with van der Waals surface area (Å²) in [6.45, 7) is 1.96. The lowest BCUT2D eigenvalue weighted by molar-refractivity contribution is 0.0241. The van der Waals surface area contributed by atoms with Gasteiger partial charge in [-0.25, -0.2) is 9.59 Å². The lowest BCUT2D eigenvalue weighted by atomic mass is 9.81. The topological polar surface area (TPSA) is 83.1 Å². The van der Waals surface area contributed by atoms with E-state index < -0.39 is 0 Å². The standard InChI is InChI=1S/C17H24N4O4/c1-9-13-14(11-7-6-10(24-4)8-12(11)25-5)20(2)17(23)19-15(13)21(3)16(22)18-9/h6-9,13-15H,1-5H3,(H,18,22)(H,19,23)/t9-,13+,14-,15+/m1/s1. The van der Waals surface area contributed by atoms with Gasteiger partial charge in [-0.3, -0.25) is 0 Å². The number of carbonyl (C=O) groups excluding carboxylic acids is 2. The van der Waals surface area contributed by atoms with E-state index in [9.17, 15) is 9.59 Å². The number of hydrogen-bond acceptors (Lipinski definition) is 4. The van der Waals surface area contributed by atoms with E-state index in [0.717, 1.165) is 5.56 Å². The van der Waals surface area contributed by atoms with Gasteiger partial charge in [0.05, 0.1) is 20.3 Å². The summed E-state index contributed by atoms with van der Waals surface area (Å²) < 4.78 is 10.8. The summed E-state index contributed by atoms with van der Waals surface area (Å²) >= 11 is 0. The molecule has 0 unspecified atom stereocenters. The van der Waals surface area contributed by atoms with Crippen molar-refractivity contribution in [2.45, 2.75) is 25.2 Å². The van der Waals surface area contributed by atoms with Crippen molar-refractivity contribution in [2.75, 3.05) is 28.3 Å². The summed E-state index contributed by atoms with van der Waals surface area (Å²) in [6, 6.07) is 4.78. The van der Waals surface area contributed by atoms with E-state index in [-0.39, 0.29) is 36.2 Å². The molecule has 136 valence electrons. The normalized spacial score (nSPS) is 28.8. The van der Waals surface area contributed by atoms with Crippen LogP contribution in [0, 0.1) is 5.92 Å². The minimum absolute atomic E-state index is 0.0484. The molecule has 8 nitrogen and oxygen atoms in total. The highest BCUT2D eigenvalue weighted by atomic mass is 16.5. The van der Waals surface area contributed by atoms with Crippen molar-refractivity contribution in [1.82, 2.24) is 20.4 Å². The summed E-state index contributed by atoms with van der Waals surface area (Å²) in [5, 5.41) is 5.89. The number of rotatable bonds is 3. The Bertz CT molecular complexity index is 695. The van der Waals surface area contributed by atoms with Gasteiger partial charge >= 0.3 is 12.1 Å². The molecule has 2 N–H and O–H groups in total. The quantitative estimate of drug-likeness (QED) is 0.865. The lowest BCUT2D eigenvalue weighted by Gasteiger charge is -2.52. The third kappa shape index (κ3) is 2.71. The van der Waals surface area contributed by atoms with E-state index in [2.05, 4.69) is 10.6 Å². The summed E-state index contributed by atoms with van der Waals surface area (Å²) in [6.07, 6.45) is -0.385. The van der Waals surface area contributed by atoms with Gasteiger partial charge in [0.2, 0.25) is 0 Å². The van der Waals surface area contributed by atoms with Crippen molar-refractivity contribution in [3.63, 3.8) is 0 Å². The maximum atomic E-state index is 12.5. The van der Waals surface area contributed by atoms with Crippen LogP contribution in [0.4, 0.5) is 9.59 Å². The molecule has 0 radical (unpaired) electrons. The van der Waals surface area contributed by atoms with Crippen LogP contribution in [-0.2, 0) is 0 Å². The zero-order valence-electron chi connectivity index (χ0n) is 15.1. The molecule has 2 heterocycles. The first-order chi connectivity index (χ1) is 11.9. The lowest BCUT2D eigenvalue weighted by Crippen LogP contribution is -2.71. The summed E-state index contributed by atoms with van der Waals surface area (Å²) in [5.41, 5.74) is 0.882. The number of nitrogens with one attached hydrogen (secondary N) is 2. The van der Waals surface area contributed by atoms with Crippen LogP contribution >= 0.6 is 0 Å². The molecule has 0 saturated carbocycles. The molecule has 4 atom stereocenters. The van der Waals surface area contributed by atoms with Crippen LogP contribution < -0.4 is 20.1 Å². The van der Waals surface area contributed by atoms with Gasteiger partial charge in [-0.1, -0.05) is 0 Å². The summed E-state index contributed by atoms with van der Waals surface area (Å²) in [7, 11) is 6.63. The van der Waals surface area contributed by atoms with Crippen LogP contribution in [0.15, 0.2) is 18.2 Å². The zero-order valence-corrected chi connectivity index (χ0v) is 15.1. The summed E-state index contributed by atoms with van der Waals surface area (Å²) in [5.74, 6) is 1.28. The van der Waals surface area contributed by atoms with E-state index in [4.69, 9.17) is 9.47 Å². The van der Waals surface area contributed by atoms with Crippen molar-refractivity contribution in [3.8, 4) is 11.5 Å². The van der Waals surface area contributed by atoms with Crippen molar-refractivity contribution < 1.29 is 19.1 Å². The molecule has 0 spiro atoms. The van der Waals surface area contributed by atoms with Crippen LogP contribution in [-0.4, -0.2) is 62.4 Å². The molecule has 8 heteroatoms. The van der Waals surface area contributed by atoms with Crippen molar-refractivity contribution in [3.05, 3.63) is 23.8 Å². The number of benzene rings is 1. The van der Waals surface area contributed by atoms with Crippen molar-refractivity contribution in [2.24, 2.45) is 5.92 Å². The Labute approximate surface area is 147 Å². The fraction of sp³-hybridized carbons (Fsp3) is 0.529. The maximum Gasteiger partial charge on any atom is 0.319 e. The minimum atomic E-state index is -0.385. The molecule has 2 aliphatic rings. The summed E-state index contributed by atoms with van der Waals surface area (Å²) in [4.78, 5) is 27.8. The molecule has 0 bridgehead atoms. The van der Waals surface area contributed by atoms with Crippen LogP contribution in [0.3, 0.4) is 0 Å². The number of nitrogens with zero attached hydrogens (tertiary/aromatic N) is 2. The molecule has 0 aromatic heterocycles. The smallest absolute Gasteiger partial charge is 0.319 e. The molecular weight excluding hydrogens is 324 g/mol. The molecule has 2 aliphatic heterocycles. The van der Waals surface area contributed by atoms with E-state index in [1.54, 1.807) is 44.2 Å². The van der Waals surface area contributed by atoms with E-state index in [1.807, 2.05) is 19.1 Å². The fourth-order valence-electron chi connectivity index (χ4n) is 3.78. The van der Waals surface area contributed by atoms with Gasteiger partial charge in [0.1, 0.15) is 17.7 Å². The highest BCUT2D eigenvalue weighted by Crippen LogP contribution is 2.42. The number of fused-ring (bicyclic) bond motifs is 1. The first-order valence-electron chi connectivity index (χ1n) is 8.17. The maximum absolute atomic E-state index is 12.5. The van der Waals surface area contributed by atoms with Gasteiger partial charge in [0, 0.05) is 37.7 Å². The molecule has 2 saturated heterocycles. The fourth-order valence-corrected chi connectivity index (χ4v) is 3.78. The van der Waals surface area contributed by atoms with Gasteiger partial charge in [0.25, 0.3) is 0 Å². The SMILES string of the molecule is COc1ccc([C@@H]2[C@H]3[C@@H](NC(=O)N2C)N(C)C(=O)N[C@@H]3C)c(OC)c1. The predicted molar refractivity (Wildman–Crippen MR) is 91.6 cm³/mol. The average Bonchev–Trinajstić information content (AvgIpc) is 2.61. The second-order valence-corrected chi connectivity index (χ2v) is 6.48. The Morgan fingerprint density at radius 2 is 1.68 bits per heavy atom. The second-order valence-electron chi connectivity index (χ2n) is 6.48. The van der Waals surface area contributed by atoms with Gasteiger partial charge in [0.15, 0.2) is 0 Å². The number of methoxy groups -OCH3 is 2. The predicted octanol–water partition coefficient (Wildman–Crippen LogP) is 1.39. The number of carbonyl (C=O) groups is 2. The first-order valence-corrected chi connectivity index (χ1v) is 8.17. The van der Waals surface area contributed by atoms with Crippen LogP contribution in [0.25, 0.3) is 0 Å². The highest BCUT2D eigenvalue weighted by Gasteiger charge is 2.50. The van der Waals surface area contributed by atoms with E-state index in [1.165, 1.54) is 0 Å². The Morgan fingerprint density at radius 3 is 2.32 bits per heavy atom. The van der Waals surface area contributed by atoms with Gasteiger partial charge in [-0.2, -0.15) is 0 Å². The van der Waals surface area contributed by atoms with E-state index in [0.29, 0.717) is 11.5 Å². The minimum Gasteiger partial charge on any atom is -0.497 e. The molecule has 25 heavy (non-hydrogen) atoms. The van der Waals surface area contributed by atoms with Gasteiger partial charge in [-0.05, 0) is 19.1 Å². The van der Waals surface area contributed by atoms with Crippen LogP contribution in [0.1, 0.15) is 18.5 Å². The zero-order chi connectivity index (χ0) is 18.3. The number of hydrogen-bond donors (Lipinski definition) is 2. The second kappa shape index (κ2) is 6.34. The molecule has 4 amide bonds. The highest BCUT2D eigenvalue weighted by molar-refractivity contribution is 5.80. The van der Waals surface area contributed by atoms with Crippen molar-refractivity contribution in [1.29, 1.82) is 0 Å². The van der Waals surface area contributed by atoms with E-state index >= 15 is 0 Å². The number of ether oxygens (including phenoxy) is 2. The molecule has 1 aromatic rings. The molecule has 0 aliphatic carbocycles. The molecule has 2 fully saturated rings. The van der Waals surface area contributed by atoms with Crippen LogP contribution in [0.2, 0.25) is 0 Å². The van der Waals surface area contributed by atoms with Gasteiger partial charge in [-0.15, -0.1) is 0 Å². The molecule has 3 rings (SSSR count). The van der Waals surface area contributed by atoms with Crippen molar-refractivity contribution >= 4 is 12.1 Å². The largest absolute Gasteiger partial charge is 0.497 e.